The lowest BCUT2D eigenvalue weighted by Crippen LogP contribution is -2.37. The highest BCUT2D eigenvalue weighted by Crippen LogP contribution is 2.14. The molecule has 5 heteroatoms. The molecule has 0 N–H and O–H groups in total. The molecule has 1 aliphatic rings. The van der Waals surface area contributed by atoms with Crippen LogP contribution in [0.3, 0.4) is 0 Å². The first-order valence-electron chi connectivity index (χ1n) is 5.71. The van der Waals surface area contributed by atoms with Gasteiger partial charge in [-0.25, -0.2) is 0 Å². The molecular formula is C11H21NO3S. The van der Waals surface area contributed by atoms with Crippen molar-refractivity contribution in [1.82, 2.24) is 4.90 Å². The van der Waals surface area contributed by atoms with E-state index in [1.807, 2.05) is 11.8 Å². The zero-order valence-electron chi connectivity index (χ0n) is 10.1. The van der Waals surface area contributed by atoms with Crippen molar-refractivity contribution in [3.05, 3.63) is 0 Å². The molecule has 1 heterocycles. The van der Waals surface area contributed by atoms with Crippen molar-refractivity contribution >= 4 is 17.7 Å². The van der Waals surface area contributed by atoms with Crippen molar-refractivity contribution in [3.63, 3.8) is 0 Å². The maximum absolute atomic E-state index is 11.0. The lowest BCUT2D eigenvalue weighted by Gasteiger charge is -2.26. The Balaban J connectivity index is 2.03. The van der Waals surface area contributed by atoms with E-state index < -0.39 is 0 Å². The molecule has 0 spiro atoms. The lowest BCUT2D eigenvalue weighted by atomic mass is 10.3. The second-order valence-corrected chi connectivity index (χ2v) is 5.46. The van der Waals surface area contributed by atoms with E-state index in [-0.39, 0.29) is 5.97 Å². The number of carbonyl (C=O) groups is 1. The van der Waals surface area contributed by atoms with Gasteiger partial charge in [-0.3, -0.25) is 9.69 Å². The van der Waals surface area contributed by atoms with E-state index in [4.69, 9.17) is 4.74 Å². The topological polar surface area (TPSA) is 38.8 Å². The second-order valence-electron chi connectivity index (χ2n) is 3.92. The van der Waals surface area contributed by atoms with Crippen LogP contribution < -0.4 is 0 Å². The summed E-state index contributed by atoms with van der Waals surface area (Å²) in [6.45, 7) is 6.92. The molecule has 1 atom stereocenters. The maximum Gasteiger partial charge on any atom is 0.306 e. The molecule has 94 valence electrons. The van der Waals surface area contributed by atoms with Crippen LogP contribution in [0.5, 0.6) is 0 Å². The summed E-state index contributed by atoms with van der Waals surface area (Å²) in [6, 6.07) is 0. The fourth-order valence-corrected chi connectivity index (χ4v) is 2.60. The number of carbonyl (C=O) groups excluding carboxylic acids is 1. The quantitative estimate of drug-likeness (QED) is 0.655. The number of morpholine rings is 1. The summed E-state index contributed by atoms with van der Waals surface area (Å²) in [5.41, 5.74) is 0. The summed E-state index contributed by atoms with van der Waals surface area (Å²) in [7, 11) is 1.44. The molecule has 1 saturated heterocycles. The Hall–Kier alpha value is -0.260. The minimum Gasteiger partial charge on any atom is -0.469 e. The molecule has 16 heavy (non-hydrogen) atoms. The summed E-state index contributed by atoms with van der Waals surface area (Å²) < 4.78 is 9.92. The van der Waals surface area contributed by atoms with Gasteiger partial charge in [0.25, 0.3) is 0 Å². The number of nitrogens with zero attached hydrogens (tertiary/aromatic N) is 1. The Bertz CT molecular complexity index is 207. The van der Waals surface area contributed by atoms with Crippen molar-refractivity contribution in [2.75, 3.05) is 45.7 Å². The molecule has 0 saturated carbocycles. The molecule has 0 aromatic rings. The number of hydrogen-bond donors (Lipinski definition) is 0. The Morgan fingerprint density at radius 1 is 1.50 bits per heavy atom. The van der Waals surface area contributed by atoms with Crippen LogP contribution in [0.4, 0.5) is 0 Å². The van der Waals surface area contributed by atoms with Gasteiger partial charge in [-0.2, -0.15) is 11.8 Å². The molecule has 0 aromatic heterocycles. The summed E-state index contributed by atoms with van der Waals surface area (Å²) in [6.07, 6.45) is 0.504. The van der Waals surface area contributed by atoms with Crippen LogP contribution in [0.2, 0.25) is 0 Å². The smallest absolute Gasteiger partial charge is 0.306 e. The molecule has 0 bridgehead atoms. The largest absolute Gasteiger partial charge is 0.469 e. The van der Waals surface area contributed by atoms with Gasteiger partial charge in [0.1, 0.15) is 0 Å². The first kappa shape index (κ1) is 13.8. The van der Waals surface area contributed by atoms with Gasteiger partial charge in [-0.05, 0) is 0 Å². The number of rotatable bonds is 6. The molecule has 4 nitrogen and oxygen atoms in total. The fourth-order valence-electron chi connectivity index (χ4n) is 1.58. The van der Waals surface area contributed by atoms with Gasteiger partial charge in [-0.15, -0.1) is 0 Å². The van der Waals surface area contributed by atoms with Crippen LogP contribution in [-0.4, -0.2) is 61.8 Å². The fraction of sp³-hybridized carbons (Fsp3) is 0.909. The Kier molecular flexibility index (Phi) is 6.84. The SMILES string of the molecule is COC(=O)CC(C)SCCN1CCOCC1. The number of esters is 1. The summed E-state index contributed by atoms with van der Waals surface area (Å²) >= 11 is 1.83. The zero-order chi connectivity index (χ0) is 11.8. The van der Waals surface area contributed by atoms with Crippen molar-refractivity contribution in [3.8, 4) is 0 Å². The van der Waals surface area contributed by atoms with Gasteiger partial charge < -0.3 is 9.47 Å². The summed E-state index contributed by atoms with van der Waals surface area (Å²) in [4.78, 5) is 13.4. The van der Waals surface area contributed by atoms with E-state index in [0.717, 1.165) is 38.6 Å². The number of hydrogen-bond acceptors (Lipinski definition) is 5. The van der Waals surface area contributed by atoms with Crippen LogP contribution in [0.1, 0.15) is 13.3 Å². The molecule has 0 aromatic carbocycles. The van der Waals surface area contributed by atoms with E-state index in [9.17, 15) is 4.79 Å². The van der Waals surface area contributed by atoms with Crippen LogP contribution in [0.25, 0.3) is 0 Å². The predicted molar refractivity (Wildman–Crippen MR) is 65.8 cm³/mol. The molecular weight excluding hydrogens is 226 g/mol. The van der Waals surface area contributed by atoms with E-state index in [1.165, 1.54) is 7.11 Å². The van der Waals surface area contributed by atoms with Gasteiger partial charge in [0.05, 0.1) is 26.7 Å². The average molecular weight is 247 g/mol. The Morgan fingerprint density at radius 2 is 2.19 bits per heavy atom. The van der Waals surface area contributed by atoms with Gasteiger partial charge in [0.15, 0.2) is 0 Å². The second kappa shape index (κ2) is 7.92. The van der Waals surface area contributed by atoms with Gasteiger partial charge >= 0.3 is 5.97 Å². The first-order valence-corrected chi connectivity index (χ1v) is 6.75. The molecule has 0 radical (unpaired) electrons. The van der Waals surface area contributed by atoms with Gasteiger partial charge in [-0.1, -0.05) is 6.92 Å². The minimum atomic E-state index is -0.119. The average Bonchev–Trinajstić information content (AvgIpc) is 2.30. The Labute approximate surface area is 102 Å². The van der Waals surface area contributed by atoms with E-state index in [1.54, 1.807) is 0 Å². The van der Waals surface area contributed by atoms with Crippen LogP contribution in [-0.2, 0) is 14.3 Å². The third-order valence-electron chi connectivity index (χ3n) is 2.60. The standard InChI is InChI=1S/C11H21NO3S/c1-10(9-11(13)14-2)16-8-5-12-3-6-15-7-4-12/h10H,3-9H2,1-2H3. The zero-order valence-corrected chi connectivity index (χ0v) is 10.9. The number of ether oxygens (including phenoxy) is 2. The van der Waals surface area contributed by atoms with Gasteiger partial charge in [0, 0.05) is 30.6 Å². The van der Waals surface area contributed by atoms with Crippen LogP contribution >= 0.6 is 11.8 Å². The van der Waals surface area contributed by atoms with E-state index in [2.05, 4.69) is 16.6 Å². The molecule has 1 fully saturated rings. The van der Waals surface area contributed by atoms with Crippen molar-refractivity contribution in [2.45, 2.75) is 18.6 Å². The van der Waals surface area contributed by atoms with E-state index >= 15 is 0 Å². The van der Waals surface area contributed by atoms with Crippen LogP contribution in [0, 0.1) is 0 Å². The van der Waals surface area contributed by atoms with Gasteiger partial charge in [0.2, 0.25) is 0 Å². The van der Waals surface area contributed by atoms with Crippen molar-refractivity contribution in [1.29, 1.82) is 0 Å². The highest BCUT2D eigenvalue weighted by atomic mass is 32.2. The van der Waals surface area contributed by atoms with Crippen molar-refractivity contribution < 1.29 is 14.3 Å². The first-order chi connectivity index (χ1) is 7.72. The third-order valence-corrected chi connectivity index (χ3v) is 3.75. The molecule has 0 aliphatic carbocycles. The normalized spacial score (nSPS) is 19.4. The highest BCUT2D eigenvalue weighted by molar-refractivity contribution is 7.99. The van der Waals surface area contributed by atoms with Crippen LogP contribution in [0.15, 0.2) is 0 Å². The molecule has 1 aliphatic heterocycles. The van der Waals surface area contributed by atoms with E-state index in [0.29, 0.717) is 11.7 Å². The predicted octanol–water partition coefficient (Wildman–Crippen LogP) is 1.00. The minimum absolute atomic E-state index is 0.119. The number of methoxy groups -OCH3 is 1. The number of thioether (sulfide) groups is 1. The summed E-state index contributed by atoms with van der Waals surface area (Å²) in [5, 5.41) is 0.341. The monoisotopic (exact) mass is 247 g/mol. The summed E-state index contributed by atoms with van der Waals surface area (Å²) in [5.74, 6) is 0.949. The molecule has 1 rings (SSSR count). The highest BCUT2D eigenvalue weighted by Gasteiger charge is 2.12. The Morgan fingerprint density at radius 3 is 2.81 bits per heavy atom. The molecule has 1 unspecified atom stereocenters. The third kappa shape index (κ3) is 5.72. The van der Waals surface area contributed by atoms with Crippen molar-refractivity contribution in [2.24, 2.45) is 0 Å². The molecule has 0 amide bonds. The maximum atomic E-state index is 11.0. The lowest BCUT2D eigenvalue weighted by molar-refractivity contribution is -0.140.